The molecule has 0 saturated heterocycles. The first kappa shape index (κ1) is 10.8. The minimum Gasteiger partial charge on any atom is -0.390 e. The molecule has 0 fully saturated rings. The van der Waals surface area contributed by atoms with Crippen LogP contribution in [0.3, 0.4) is 0 Å². The Morgan fingerprint density at radius 1 is 1.36 bits per heavy atom. The first-order valence-electron chi connectivity index (χ1n) is 4.07. The Labute approximate surface area is 80.2 Å². The van der Waals surface area contributed by atoms with Crippen LogP contribution in [0.15, 0.2) is 24.3 Å². The topological polar surface area (TPSA) is 37.3 Å². The fourth-order valence-corrected chi connectivity index (χ4v) is 1.04. The van der Waals surface area contributed by atoms with Crippen LogP contribution in [0.5, 0.6) is 0 Å². The molecule has 1 rings (SSSR count). The molecule has 0 spiro atoms. The van der Waals surface area contributed by atoms with Gasteiger partial charge in [0, 0.05) is 11.1 Å². The second-order valence-corrected chi connectivity index (χ2v) is 3.00. The first-order chi connectivity index (χ1) is 6.47. The number of carbonyl (C=O) groups is 1. The Balaban J connectivity index is 2.99. The van der Waals surface area contributed by atoms with Crippen molar-refractivity contribution in [1.29, 1.82) is 0 Å². The number of hydrogen-bond donors (Lipinski definition) is 1. The predicted octanol–water partition coefficient (Wildman–Crippen LogP) is 1.97. The zero-order valence-corrected chi connectivity index (χ0v) is 7.63. The highest BCUT2D eigenvalue weighted by atomic mass is 19.3. The van der Waals surface area contributed by atoms with Gasteiger partial charge in [0.1, 0.15) is 6.61 Å². The van der Waals surface area contributed by atoms with Crippen LogP contribution in [0.4, 0.5) is 8.78 Å². The van der Waals surface area contributed by atoms with E-state index in [-0.39, 0.29) is 11.3 Å². The van der Waals surface area contributed by atoms with Gasteiger partial charge in [-0.3, -0.25) is 4.79 Å². The number of alkyl halides is 2. The average Bonchev–Trinajstić information content (AvgIpc) is 2.18. The van der Waals surface area contributed by atoms with Gasteiger partial charge < -0.3 is 5.11 Å². The lowest BCUT2D eigenvalue weighted by atomic mass is 10.1. The highest BCUT2D eigenvalue weighted by Crippen LogP contribution is 2.27. The second kappa shape index (κ2) is 3.84. The lowest BCUT2D eigenvalue weighted by Crippen LogP contribution is -2.18. The van der Waals surface area contributed by atoms with Gasteiger partial charge in [-0.05, 0) is 6.92 Å². The predicted molar refractivity (Wildman–Crippen MR) is 47.4 cm³/mol. The van der Waals surface area contributed by atoms with Gasteiger partial charge in [-0.2, -0.15) is 8.78 Å². The van der Waals surface area contributed by atoms with Crippen molar-refractivity contribution in [2.45, 2.75) is 12.8 Å². The summed E-state index contributed by atoms with van der Waals surface area (Å²) in [5, 5.41) is 8.41. The minimum atomic E-state index is -3.24. The van der Waals surface area contributed by atoms with E-state index >= 15 is 0 Å². The molecule has 0 aromatic heterocycles. The van der Waals surface area contributed by atoms with E-state index in [1.807, 2.05) is 0 Å². The van der Waals surface area contributed by atoms with Gasteiger partial charge in [0.05, 0.1) is 0 Å². The molecule has 1 aromatic carbocycles. The summed E-state index contributed by atoms with van der Waals surface area (Å²) in [5.74, 6) is -3.42. The molecule has 14 heavy (non-hydrogen) atoms. The van der Waals surface area contributed by atoms with Gasteiger partial charge in [0.25, 0.3) is 5.92 Å². The summed E-state index contributed by atoms with van der Waals surface area (Å²) in [5.41, 5.74) is 0.0903. The average molecular weight is 200 g/mol. The maximum absolute atomic E-state index is 12.9. The summed E-state index contributed by atoms with van der Waals surface area (Å²) in [6.07, 6.45) is 0. The fourth-order valence-electron chi connectivity index (χ4n) is 1.04. The molecule has 76 valence electrons. The van der Waals surface area contributed by atoms with Crippen molar-refractivity contribution in [1.82, 2.24) is 0 Å². The number of ketones is 1. The van der Waals surface area contributed by atoms with Crippen LogP contribution in [0, 0.1) is 0 Å². The Hall–Kier alpha value is -1.29. The second-order valence-electron chi connectivity index (χ2n) is 3.00. The zero-order valence-electron chi connectivity index (χ0n) is 7.63. The van der Waals surface area contributed by atoms with E-state index in [2.05, 4.69) is 0 Å². The third-order valence-electron chi connectivity index (χ3n) is 1.91. The molecule has 1 N–H and O–H groups in total. The summed E-state index contributed by atoms with van der Waals surface area (Å²) < 4.78 is 25.8. The summed E-state index contributed by atoms with van der Waals surface area (Å²) >= 11 is 0. The third kappa shape index (κ3) is 2.14. The summed E-state index contributed by atoms with van der Waals surface area (Å²) in [4.78, 5) is 10.8. The quantitative estimate of drug-likeness (QED) is 0.757. The lowest BCUT2D eigenvalue weighted by molar-refractivity contribution is -0.0556. The standard InChI is InChI=1S/C10H10F2O2/c1-7(14)8-2-4-9(5-3-8)10(11,12)6-13/h2-5,13H,6H2,1H3. The molecular formula is C10H10F2O2. The van der Waals surface area contributed by atoms with Gasteiger partial charge >= 0.3 is 0 Å². The van der Waals surface area contributed by atoms with Crippen LogP contribution in [-0.4, -0.2) is 17.5 Å². The van der Waals surface area contributed by atoms with Crippen LogP contribution in [0.1, 0.15) is 22.8 Å². The van der Waals surface area contributed by atoms with Crippen molar-refractivity contribution in [3.05, 3.63) is 35.4 Å². The molecule has 0 saturated carbocycles. The van der Waals surface area contributed by atoms with E-state index in [4.69, 9.17) is 5.11 Å². The summed E-state index contributed by atoms with van der Waals surface area (Å²) in [6, 6.07) is 4.93. The van der Waals surface area contributed by atoms with Crippen LogP contribution in [0.25, 0.3) is 0 Å². The molecule has 0 aliphatic heterocycles. The molecule has 0 aliphatic rings. The van der Waals surface area contributed by atoms with Crippen LogP contribution in [0.2, 0.25) is 0 Å². The van der Waals surface area contributed by atoms with E-state index < -0.39 is 12.5 Å². The molecule has 0 amide bonds. The Bertz CT molecular complexity index is 330. The normalized spacial score (nSPS) is 11.4. The number of halogens is 2. The Kier molecular flexibility index (Phi) is 2.96. The smallest absolute Gasteiger partial charge is 0.295 e. The third-order valence-corrected chi connectivity index (χ3v) is 1.91. The number of rotatable bonds is 3. The zero-order chi connectivity index (χ0) is 10.8. The fraction of sp³-hybridized carbons (Fsp3) is 0.300. The maximum Gasteiger partial charge on any atom is 0.295 e. The van der Waals surface area contributed by atoms with E-state index in [9.17, 15) is 13.6 Å². The maximum atomic E-state index is 12.9. The summed E-state index contributed by atoms with van der Waals surface area (Å²) in [6.45, 7) is 0.131. The molecule has 0 unspecified atom stereocenters. The molecule has 0 bridgehead atoms. The SMILES string of the molecule is CC(=O)c1ccc(C(F)(F)CO)cc1. The minimum absolute atomic E-state index is 0.177. The van der Waals surface area contributed by atoms with E-state index in [0.29, 0.717) is 5.56 Å². The molecule has 0 radical (unpaired) electrons. The van der Waals surface area contributed by atoms with Gasteiger partial charge in [-0.1, -0.05) is 24.3 Å². The molecule has 0 aliphatic carbocycles. The number of Topliss-reactive ketones (excluding diaryl/α,β-unsaturated/α-hetero) is 1. The van der Waals surface area contributed by atoms with Crippen molar-refractivity contribution < 1.29 is 18.7 Å². The number of aliphatic hydroxyl groups excluding tert-OH is 1. The number of hydrogen-bond acceptors (Lipinski definition) is 2. The van der Waals surface area contributed by atoms with Gasteiger partial charge in [0.2, 0.25) is 0 Å². The van der Waals surface area contributed by atoms with E-state index in [0.717, 1.165) is 12.1 Å². The number of carbonyl (C=O) groups excluding carboxylic acids is 1. The largest absolute Gasteiger partial charge is 0.390 e. The lowest BCUT2D eigenvalue weighted by Gasteiger charge is -2.13. The van der Waals surface area contributed by atoms with E-state index in [1.54, 1.807) is 0 Å². The van der Waals surface area contributed by atoms with Gasteiger partial charge in [0.15, 0.2) is 5.78 Å². The number of benzene rings is 1. The molecule has 4 heteroatoms. The van der Waals surface area contributed by atoms with Crippen LogP contribution in [-0.2, 0) is 5.92 Å². The highest BCUT2D eigenvalue weighted by Gasteiger charge is 2.30. The van der Waals surface area contributed by atoms with Crippen molar-refractivity contribution >= 4 is 5.78 Å². The van der Waals surface area contributed by atoms with Crippen molar-refractivity contribution in [2.75, 3.05) is 6.61 Å². The van der Waals surface area contributed by atoms with Crippen molar-refractivity contribution in [3.63, 3.8) is 0 Å². The Morgan fingerprint density at radius 3 is 2.21 bits per heavy atom. The Morgan fingerprint density at radius 2 is 1.86 bits per heavy atom. The van der Waals surface area contributed by atoms with Crippen molar-refractivity contribution in [3.8, 4) is 0 Å². The molecule has 0 heterocycles. The monoisotopic (exact) mass is 200 g/mol. The molecule has 2 nitrogen and oxygen atoms in total. The molecule has 0 atom stereocenters. The summed E-state index contributed by atoms with van der Waals surface area (Å²) in [7, 11) is 0. The van der Waals surface area contributed by atoms with Crippen LogP contribution < -0.4 is 0 Å². The highest BCUT2D eigenvalue weighted by molar-refractivity contribution is 5.94. The van der Waals surface area contributed by atoms with Gasteiger partial charge in [-0.15, -0.1) is 0 Å². The van der Waals surface area contributed by atoms with E-state index in [1.165, 1.54) is 19.1 Å². The number of aliphatic hydroxyl groups is 1. The van der Waals surface area contributed by atoms with Gasteiger partial charge in [-0.25, -0.2) is 0 Å². The molecular weight excluding hydrogens is 190 g/mol. The molecule has 1 aromatic rings. The van der Waals surface area contributed by atoms with Crippen molar-refractivity contribution in [2.24, 2.45) is 0 Å². The first-order valence-corrected chi connectivity index (χ1v) is 4.07. The van der Waals surface area contributed by atoms with Crippen LogP contribution >= 0.6 is 0 Å².